The van der Waals surface area contributed by atoms with Gasteiger partial charge in [-0.3, -0.25) is 9.36 Å². The van der Waals surface area contributed by atoms with Crippen molar-refractivity contribution in [3.05, 3.63) is 76.8 Å². The van der Waals surface area contributed by atoms with Crippen LogP contribution >= 0.6 is 0 Å². The molecule has 1 heterocycles. The van der Waals surface area contributed by atoms with Crippen molar-refractivity contribution in [1.82, 2.24) is 9.55 Å². The lowest BCUT2D eigenvalue weighted by Gasteiger charge is -2.07. The van der Waals surface area contributed by atoms with Crippen LogP contribution in [0, 0.1) is 0 Å². The number of aromatic nitrogens is 2. The van der Waals surface area contributed by atoms with Crippen LogP contribution in [0.3, 0.4) is 0 Å². The van der Waals surface area contributed by atoms with Crippen LogP contribution in [-0.4, -0.2) is 22.1 Å². The van der Waals surface area contributed by atoms with Crippen LogP contribution in [0.4, 0.5) is 0 Å². The number of para-hydroxylation sites is 1. The number of hydrogen-bond donors (Lipinski definition) is 0. The second-order valence-corrected chi connectivity index (χ2v) is 5.12. The number of benzene rings is 2. The Morgan fingerprint density at radius 2 is 1.78 bits per heavy atom. The van der Waals surface area contributed by atoms with Gasteiger partial charge in [-0.05, 0) is 30.7 Å². The maximum atomic E-state index is 12.3. The first-order valence-corrected chi connectivity index (χ1v) is 7.42. The Morgan fingerprint density at radius 3 is 2.61 bits per heavy atom. The second kappa shape index (κ2) is 6.87. The van der Waals surface area contributed by atoms with Gasteiger partial charge in [-0.2, -0.15) is 0 Å². The molecule has 5 heteroatoms. The molecule has 5 nitrogen and oxygen atoms in total. The van der Waals surface area contributed by atoms with Crippen molar-refractivity contribution >= 4 is 16.9 Å². The van der Waals surface area contributed by atoms with Crippen LogP contribution < -0.4 is 5.56 Å². The van der Waals surface area contributed by atoms with Gasteiger partial charge in [0.25, 0.3) is 5.56 Å². The van der Waals surface area contributed by atoms with Gasteiger partial charge in [-0.25, -0.2) is 9.78 Å². The molecular formula is C18H16N2O3. The van der Waals surface area contributed by atoms with Crippen molar-refractivity contribution in [3.63, 3.8) is 0 Å². The molecular weight excluding hydrogens is 292 g/mol. The van der Waals surface area contributed by atoms with Crippen LogP contribution in [0.2, 0.25) is 0 Å². The summed E-state index contributed by atoms with van der Waals surface area (Å²) in [6, 6.07) is 16.1. The largest absolute Gasteiger partial charge is 0.462 e. The van der Waals surface area contributed by atoms with Crippen LogP contribution in [-0.2, 0) is 11.3 Å². The molecule has 23 heavy (non-hydrogen) atoms. The highest BCUT2D eigenvalue weighted by atomic mass is 16.5. The summed E-state index contributed by atoms with van der Waals surface area (Å²) >= 11 is 0. The first-order valence-electron chi connectivity index (χ1n) is 7.42. The van der Waals surface area contributed by atoms with Gasteiger partial charge in [-0.1, -0.05) is 30.3 Å². The minimum absolute atomic E-state index is 0.0787. The number of ether oxygens (including phenoxy) is 1. The Balaban J connectivity index is 1.58. The fourth-order valence-electron chi connectivity index (χ4n) is 2.32. The molecule has 0 fully saturated rings. The summed E-state index contributed by atoms with van der Waals surface area (Å²) in [5.41, 5.74) is 1.13. The molecule has 0 unspecified atom stereocenters. The monoisotopic (exact) mass is 308 g/mol. The number of aryl methyl sites for hydroxylation is 1. The standard InChI is InChI=1S/C18H16N2O3/c21-17-15-9-4-5-10-16(15)19-13-20(17)11-6-12-23-18(22)14-7-2-1-3-8-14/h1-5,7-10,13H,6,11-12H2. The summed E-state index contributed by atoms with van der Waals surface area (Å²) in [7, 11) is 0. The van der Waals surface area contributed by atoms with Gasteiger partial charge >= 0.3 is 5.97 Å². The lowest BCUT2D eigenvalue weighted by atomic mass is 10.2. The number of rotatable bonds is 5. The smallest absolute Gasteiger partial charge is 0.338 e. The van der Waals surface area contributed by atoms with E-state index in [2.05, 4.69) is 4.98 Å². The Morgan fingerprint density at radius 1 is 1.04 bits per heavy atom. The molecule has 0 spiro atoms. The fraction of sp³-hybridized carbons (Fsp3) is 0.167. The summed E-state index contributed by atoms with van der Waals surface area (Å²) in [5, 5.41) is 0.594. The van der Waals surface area contributed by atoms with Gasteiger partial charge in [0.15, 0.2) is 0 Å². The van der Waals surface area contributed by atoms with E-state index in [-0.39, 0.29) is 18.1 Å². The number of esters is 1. The summed E-state index contributed by atoms with van der Waals surface area (Å²) in [6.45, 7) is 0.714. The predicted octanol–water partition coefficient (Wildman–Crippen LogP) is 2.64. The van der Waals surface area contributed by atoms with Gasteiger partial charge in [0, 0.05) is 6.54 Å². The predicted molar refractivity (Wildman–Crippen MR) is 87.3 cm³/mol. The van der Waals surface area contributed by atoms with Crippen molar-refractivity contribution in [2.24, 2.45) is 0 Å². The number of fused-ring (bicyclic) bond motifs is 1. The molecule has 0 saturated heterocycles. The van der Waals surface area contributed by atoms with E-state index in [1.165, 1.54) is 6.33 Å². The van der Waals surface area contributed by atoms with Crippen molar-refractivity contribution in [2.45, 2.75) is 13.0 Å². The van der Waals surface area contributed by atoms with Crippen LogP contribution in [0.25, 0.3) is 10.9 Å². The Kier molecular flexibility index (Phi) is 4.47. The molecule has 3 rings (SSSR count). The molecule has 2 aromatic carbocycles. The van der Waals surface area contributed by atoms with E-state index in [0.717, 1.165) is 0 Å². The molecule has 0 N–H and O–H groups in total. The highest BCUT2D eigenvalue weighted by molar-refractivity contribution is 5.89. The van der Waals surface area contributed by atoms with Gasteiger partial charge < -0.3 is 4.74 Å². The lowest BCUT2D eigenvalue weighted by Crippen LogP contribution is -2.21. The van der Waals surface area contributed by atoms with Crippen molar-refractivity contribution in [2.75, 3.05) is 6.61 Å². The number of nitrogens with zero attached hydrogens (tertiary/aromatic N) is 2. The SMILES string of the molecule is O=C(OCCCn1cnc2ccccc2c1=O)c1ccccc1. The van der Waals surface area contributed by atoms with Crippen molar-refractivity contribution in [3.8, 4) is 0 Å². The molecule has 0 aliphatic heterocycles. The lowest BCUT2D eigenvalue weighted by molar-refractivity contribution is 0.0495. The van der Waals surface area contributed by atoms with Crippen LogP contribution in [0.1, 0.15) is 16.8 Å². The topological polar surface area (TPSA) is 61.2 Å². The van der Waals surface area contributed by atoms with Gasteiger partial charge in [-0.15, -0.1) is 0 Å². The third-order valence-electron chi connectivity index (χ3n) is 3.52. The maximum Gasteiger partial charge on any atom is 0.338 e. The normalized spacial score (nSPS) is 10.6. The molecule has 0 atom stereocenters. The Hall–Kier alpha value is -2.95. The number of carbonyl (C=O) groups excluding carboxylic acids is 1. The second-order valence-electron chi connectivity index (χ2n) is 5.12. The minimum Gasteiger partial charge on any atom is -0.462 e. The molecule has 0 bridgehead atoms. The first-order chi connectivity index (χ1) is 11.3. The van der Waals surface area contributed by atoms with E-state index in [1.54, 1.807) is 34.9 Å². The minimum atomic E-state index is -0.352. The summed E-state index contributed by atoms with van der Waals surface area (Å²) < 4.78 is 6.74. The zero-order chi connectivity index (χ0) is 16.1. The maximum absolute atomic E-state index is 12.3. The summed E-state index contributed by atoms with van der Waals surface area (Å²) in [5.74, 6) is -0.352. The Labute approximate surface area is 133 Å². The molecule has 0 saturated carbocycles. The van der Waals surface area contributed by atoms with E-state index >= 15 is 0 Å². The highest BCUT2D eigenvalue weighted by Gasteiger charge is 2.06. The van der Waals surface area contributed by atoms with E-state index in [0.29, 0.717) is 29.4 Å². The van der Waals surface area contributed by atoms with E-state index < -0.39 is 0 Å². The van der Waals surface area contributed by atoms with Gasteiger partial charge in [0.1, 0.15) is 0 Å². The molecule has 0 aliphatic rings. The molecule has 3 aromatic rings. The first kappa shape index (κ1) is 15.0. The number of carbonyl (C=O) groups is 1. The number of hydrogen-bond acceptors (Lipinski definition) is 4. The zero-order valence-corrected chi connectivity index (χ0v) is 12.5. The Bertz CT molecular complexity index is 872. The van der Waals surface area contributed by atoms with Crippen molar-refractivity contribution < 1.29 is 9.53 Å². The average molecular weight is 308 g/mol. The molecule has 1 aromatic heterocycles. The van der Waals surface area contributed by atoms with E-state index in [4.69, 9.17) is 4.74 Å². The van der Waals surface area contributed by atoms with Crippen LogP contribution in [0.15, 0.2) is 65.7 Å². The van der Waals surface area contributed by atoms with Crippen LogP contribution in [0.5, 0.6) is 0 Å². The van der Waals surface area contributed by atoms with Gasteiger partial charge in [0.2, 0.25) is 0 Å². The van der Waals surface area contributed by atoms with E-state index in [1.807, 2.05) is 24.3 Å². The quantitative estimate of drug-likeness (QED) is 0.537. The molecule has 116 valence electrons. The molecule has 0 radical (unpaired) electrons. The summed E-state index contributed by atoms with van der Waals surface area (Å²) in [6.07, 6.45) is 2.09. The molecule has 0 amide bonds. The third-order valence-corrected chi connectivity index (χ3v) is 3.52. The summed E-state index contributed by atoms with van der Waals surface area (Å²) in [4.78, 5) is 28.3. The zero-order valence-electron chi connectivity index (χ0n) is 12.5. The third kappa shape index (κ3) is 3.45. The fourth-order valence-corrected chi connectivity index (χ4v) is 2.32. The highest BCUT2D eigenvalue weighted by Crippen LogP contribution is 2.05. The van der Waals surface area contributed by atoms with E-state index in [9.17, 15) is 9.59 Å². The average Bonchev–Trinajstić information content (AvgIpc) is 2.61. The van der Waals surface area contributed by atoms with Gasteiger partial charge in [0.05, 0.1) is 29.4 Å². The molecule has 0 aliphatic carbocycles. The van der Waals surface area contributed by atoms with Crippen molar-refractivity contribution in [1.29, 1.82) is 0 Å².